The van der Waals surface area contributed by atoms with E-state index in [2.05, 4.69) is 16.3 Å². The summed E-state index contributed by atoms with van der Waals surface area (Å²) in [5.74, 6) is -0.656. The van der Waals surface area contributed by atoms with Crippen LogP contribution in [0.1, 0.15) is 43.7 Å². The van der Waals surface area contributed by atoms with Gasteiger partial charge in [-0.3, -0.25) is 4.79 Å². The lowest BCUT2D eigenvalue weighted by atomic mass is 10.0. The van der Waals surface area contributed by atoms with E-state index in [1.54, 1.807) is 7.11 Å². The molecule has 3 rings (SSSR count). The van der Waals surface area contributed by atoms with Crippen molar-refractivity contribution in [2.45, 2.75) is 38.0 Å². The molecule has 28 heavy (non-hydrogen) atoms. The lowest BCUT2D eigenvalue weighted by Gasteiger charge is -2.25. The summed E-state index contributed by atoms with van der Waals surface area (Å²) >= 11 is 0. The summed E-state index contributed by atoms with van der Waals surface area (Å²) in [7, 11) is 1.62. The monoisotopic (exact) mass is 381 g/mol. The van der Waals surface area contributed by atoms with Gasteiger partial charge in [0.05, 0.1) is 17.1 Å². The van der Waals surface area contributed by atoms with Crippen LogP contribution in [0.5, 0.6) is 0 Å². The molecule has 0 radical (unpaired) electrons. The summed E-state index contributed by atoms with van der Waals surface area (Å²) in [5, 5.41) is 12.6. The lowest BCUT2D eigenvalue weighted by molar-refractivity contribution is -0.121. The molecule has 1 fully saturated rings. The number of fused-ring (bicyclic) bond motifs is 1. The summed E-state index contributed by atoms with van der Waals surface area (Å²) in [5.41, 5.74) is 1.93. The maximum absolute atomic E-state index is 12.7. The minimum atomic E-state index is -0.988. The molecule has 0 saturated carbocycles. The van der Waals surface area contributed by atoms with Crippen molar-refractivity contribution in [1.82, 2.24) is 15.3 Å². The van der Waals surface area contributed by atoms with Gasteiger partial charge in [-0.15, -0.1) is 0 Å². The van der Waals surface area contributed by atoms with E-state index in [4.69, 9.17) is 14.7 Å². The van der Waals surface area contributed by atoms with E-state index in [0.29, 0.717) is 36.6 Å². The number of nitrogens with one attached hydrogen (secondary N) is 1. The summed E-state index contributed by atoms with van der Waals surface area (Å²) in [6.45, 7) is 2.76. The number of nitriles is 1. The van der Waals surface area contributed by atoms with Gasteiger partial charge in [0.25, 0.3) is 0 Å². The van der Waals surface area contributed by atoms with Crippen molar-refractivity contribution in [3.05, 3.63) is 30.0 Å². The minimum absolute atomic E-state index is 0.334. The zero-order valence-corrected chi connectivity index (χ0v) is 16.4. The highest BCUT2D eigenvalue weighted by molar-refractivity contribution is 5.88. The Morgan fingerprint density at radius 1 is 1.21 bits per heavy atom. The fourth-order valence-corrected chi connectivity index (χ4v) is 3.49. The van der Waals surface area contributed by atoms with Crippen LogP contribution in [0.4, 0.5) is 5.82 Å². The Hall–Kier alpha value is -2.72. The van der Waals surface area contributed by atoms with Gasteiger partial charge in [0.15, 0.2) is 11.7 Å². The van der Waals surface area contributed by atoms with Crippen LogP contribution in [0.2, 0.25) is 0 Å². The molecule has 1 aliphatic rings. The fraction of sp³-hybridized carbons (Fsp3) is 0.524. The van der Waals surface area contributed by atoms with Crippen molar-refractivity contribution in [3.8, 4) is 6.07 Å². The van der Waals surface area contributed by atoms with Crippen molar-refractivity contribution in [3.63, 3.8) is 0 Å². The Labute approximate surface area is 165 Å². The topological polar surface area (TPSA) is 91.1 Å². The van der Waals surface area contributed by atoms with E-state index >= 15 is 0 Å². The lowest BCUT2D eigenvalue weighted by Crippen LogP contribution is -2.33. The quantitative estimate of drug-likeness (QED) is 0.742. The van der Waals surface area contributed by atoms with Crippen LogP contribution in [-0.4, -0.2) is 49.2 Å². The van der Waals surface area contributed by atoms with Crippen LogP contribution in [0.15, 0.2) is 24.3 Å². The number of aromatic nitrogens is 2. The number of methoxy groups -OCH3 is 1. The zero-order valence-electron chi connectivity index (χ0n) is 16.4. The van der Waals surface area contributed by atoms with Gasteiger partial charge in [0.1, 0.15) is 5.69 Å². The van der Waals surface area contributed by atoms with Gasteiger partial charge in [0, 0.05) is 33.4 Å². The number of rotatable bonds is 7. The molecular formula is C21H27N5O2. The van der Waals surface area contributed by atoms with Gasteiger partial charge in [-0.25, -0.2) is 9.97 Å². The van der Waals surface area contributed by atoms with E-state index in [-0.39, 0.29) is 5.91 Å². The number of nitrogens with zero attached hydrogens (tertiary/aromatic N) is 4. The van der Waals surface area contributed by atoms with Gasteiger partial charge < -0.3 is 15.0 Å². The first-order chi connectivity index (χ1) is 13.7. The number of para-hydroxylation sites is 2. The van der Waals surface area contributed by atoms with Crippen LogP contribution in [0, 0.1) is 11.3 Å². The number of anilines is 1. The standard InChI is InChI=1S/C21H27N5O2/c1-28-14-8-11-23-21(27)16(15-22)19-20(26-12-6-2-3-7-13-26)25-18-10-5-4-9-17(18)24-19/h4-5,9-10,16H,2-3,6-8,11-14H2,1H3,(H,23,27). The number of hydrogen-bond donors (Lipinski definition) is 1. The van der Waals surface area contributed by atoms with Crippen molar-refractivity contribution in [2.24, 2.45) is 0 Å². The van der Waals surface area contributed by atoms with Gasteiger partial charge in [0.2, 0.25) is 5.91 Å². The second kappa shape index (κ2) is 10.00. The molecule has 1 aromatic carbocycles. The van der Waals surface area contributed by atoms with Gasteiger partial charge in [-0.1, -0.05) is 25.0 Å². The third kappa shape index (κ3) is 4.76. The molecule has 1 amide bonds. The number of benzene rings is 1. The van der Waals surface area contributed by atoms with E-state index in [1.807, 2.05) is 24.3 Å². The van der Waals surface area contributed by atoms with E-state index in [0.717, 1.165) is 31.4 Å². The van der Waals surface area contributed by atoms with Crippen LogP contribution < -0.4 is 10.2 Å². The molecule has 1 atom stereocenters. The molecule has 2 aromatic rings. The first-order valence-corrected chi connectivity index (χ1v) is 9.92. The highest BCUT2D eigenvalue weighted by atomic mass is 16.5. The first kappa shape index (κ1) is 20.0. The molecular weight excluding hydrogens is 354 g/mol. The summed E-state index contributed by atoms with van der Waals surface area (Å²) in [6, 6.07) is 9.74. The van der Waals surface area contributed by atoms with Gasteiger partial charge in [-0.2, -0.15) is 5.26 Å². The summed E-state index contributed by atoms with van der Waals surface area (Å²) < 4.78 is 5.01. The largest absolute Gasteiger partial charge is 0.385 e. The molecule has 1 N–H and O–H groups in total. The van der Waals surface area contributed by atoms with Crippen molar-refractivity contribution >= 4 is 22.8 Å². The summed E-state index contributed by atoms with van der Waals surface area (Å²) in [4.78, 5) is 24.4. The molecule has 1 aromatic heterocycles. The molecule has 7 nitrogen and oxygen atoms in total. The highest BCUT2D eigenvalue weighted by Gasteiger charge is 2.28. The SMILES string of the molecule is COCCCNC(=O)C(C#N)c1nc2ccccc2nc1N1CCCCCC1. The predicted molar refractivity (Wildman–Crippen MR) is 108 cm³/mol. The molecule has 1 unspecified atom stereocenters. The van der Waals surface area contributed by atoms with Crippen molar-refractivity contribution < 1.29 is 9.53 Å². The fourth-order valence-electron chi connectivity index (χ4n) is 3.49. The third-order valence-electron chi connectivity index (χ3n) is 4.97. The maximum atomic E-state index is 12.7. The Morgan fingerprint density at radius 2 is 1.89 bits per heavy atom. The Kier molecular flexibility index (Phi) is 7.15. The first-order valence-electron chi connectivity index (χ1n) is 9.92. The third-order valence-corrected chi connectivity index (χ3v) is 4.97. The maximum Gasteiger partial charge on any atom is 0.243 e. The molecule has 0 aliphatic carbocycles. The molecule has 148 valence electrons. The number of carbonyl (C=O) groups is 1. The molecule has 1 saturated heterocycles. The smallest absolute Gasteiger partial charge is 0.243 e. The van der Waals surface area contributed by atoms with Crippen LogP contribution in [-0.2, 0) is 9.53 Å². The zero-order chi connectivity index (χ0) is 19.8. The average Bonchev–Trinajstić information content (AvgIpc) is 3.01. The van der Waals surface area contributed by atoms with Crippen LogP contribution in [0.3, 0.4) is 0 Å². The van der Waals surface area contributed by atoms with Crippen molar-refractivity contribution in [1.29, 1.82) is 5.26 Å². The molecule has 0 spiro atoms. The van der Waals surface area contributed by atoms with E-state index in [1.165, 1.54) is 12.8 Å². The second-order valence-electron chi connectivity index (χ2n) is 7.02. The number of hydrogen-bond acceptors (Lipinski definition) is 6. The van der Waals surface area contributed by atoms with Crippen LogP contribution in [0.25, 0.3) is 11.0 Å². The van der Waals surface area contributed by atoms with Gasteiger partial charge >= 0.3 is 0 Å². The average molecular weight is 381 g/mol. The number of ether oxygens (including phenoxy) is 1. The van der Waals surface area contributed by atoms with Crippen molar-refractivity contribution in [2.75, 3.05) is 38.3 Å². The van der Waals surface area contributed by atoms with E-state index < -0.39 is 5.92 Å². The Morgan fingerprint density at radius 3 is 2.54 bits per heavy atom. The number of amides is 1. The molecule has 7 heteroatoms. The van der Waals surface area contributed by atoms with Crippen LogP contribution >= 0.6 is 0 Å². The Bertz CT molecular complexity index is 840. The molecule has 0 bridgehead atoms. The van der Waals surface area contributed by atoms with Gasteiger partial charge in [-0.05, 0) is 31.4 Å². The highest BCUT2D eigenvalue weighted by Crippen LogP contribution is 2.29. The molecule has 1 aliphatic heterocycles. The summed E-state index contributed by atoms with van der Waals surface area (Å²) in [6.07, 6.45) is 5.23. The normalized spacial score (nSPS) is 15.6. The Balaban J connectivity index is 1.95. The predicted octanol–water partition coefficient (Wildman–Crippen LogP) is 2.77. The second-order valence-corrected chi connectivity index (χ2v) is 7.02. The molecule has 2 heterocycles. The number of carbonyl (C=O) groups excluding carboxylic acids is 1. The van der Waals surface area contributed by atoms with E-state index in [9.17, 15) is 10.1 Å². The minimum Gasteiger partial charge on any atom is -0.385 e.